The number of aryl methyl sites for hydroxylation is 3. The number of piperidine rings is 1. The van der Waals surface area contributed by atoms with Crippen molar-refractivity contribution in [2.24, 2.45) is 5.73 Å². The minimum absolute atomic E-state index is 0.203. The molecule has 2 rings (SSSR count). The Balaban J connectivity index is 2.45. The minimum atomic E-state index is 0.203. The summed E-state index contributed by atoms with van der Waals surface area (Å²) < 4.78 is 0. The minimum Gasteiger partial charge on any atom is -0.330 e. The summed E-state index contributed by atoms with van der Waals surface area (Å²) in [6.07, 6.45) is 2.37. The molecule has 0 radical (unpaired) electrons. The molecule has 1 fully saturated rings. The fourth-order valence-corrected chi connectivity index (χ4v) is 3.62. The molecule has 0 atom stereocenters. The van der Waals surface area contributed by atoms with Crippen molar-refractivity contribution >= 4 is 0 Å². The first kappa shape index (κ1) is 13.6. The van der Waals surface area contributed by atoms with Gasteiger partial charge in [-0.15, -0.1) is 0 Å². The molecular formula is C16H26N2. The first-order chi connectivity index (χ1) is 8.48. The molecule has 1 heterocycles. The van der Waals surface area contributed by atoms with Crippen molar-refractivity contribution < 1.29 is 0 Å². The van der Waals surface area contributed by atoms with Gasteiger partial charge in [0.2, 0.25) is 0 Å². The van der Waals surface area contributed by atoms with E-state index in [1.54, 1.807) is 0 Å². The number of hydrogen-bond acceptors (Lipinski definition) is 2. The lowest BCUT2D eigenvalue weighted by atomic mass is 9.69. The summed E-state index contributed by atoms with van der Waals surface area (Å²) >= 11 is 0. The molecule has 1 aromatic rings. The largest absolute Gasteiger partial charge is 0.330 e. The van der Waals surface area contributed by atoms with E-state index in [4.69, 9.17) is 5.73 Å². The molecule has 2 heteroatoms. The van der Waals surface area contributed by atoms with Gasteiger partial charge in [-0.1, -0.05) is 17.7 Å². The highest BCUT2D eigenvalue weighted by atomic mass is 15.1. The zero-order chi connectivity index (χ0) is 13.3. The molecule has 2 N–H and O–H groups in total. The van der Waals surface area contributed by atoms with Crippen LogP contribution in [0.1, 0.15) is 35.1 Å². The summed E-state index contributed by atoms with van der Waals surface area (Å²) in [6.45, 7) is 9.74. The Kier molecular flexibility index (Phi) is 3.79. The smallest absolute Gasteiger partial charge is 0.0105 e. The van der Waals surface area contributed by atoms with Gasteiger partial charge >= 0.3 is 0 Å². The van der Waals surface area contributed by atoms with Crippen LogP contribution in [0.2, 0.25) is 0 Å². The number of nitrogens with zero attached hydrogens (tertiary/aromatic N) is 1. The second kappa shape index (κ2) is 5.02. The lowest BCUT2D eigenvalue weighted by Gasteiger charge is -2.42. The van der Waals surface area contributed by atoms with E-state index in [1.807, 2.05) is 0 Å². The molecule has 0 amide bonds. The van der Waals surface area contributed by atoms with Gasteiger partial charge in [0.1, 0.15) is 0 Å². The molecule has 0 spiro atoms. The molecule has 0 saturated carbocycles. The quantitative estimate of drug-likeness (QED) is 0.869. The van der Waals surface area contributed by atoms with E-state index in [1.165, 1.54) is 35.1 Å². The van der Waals surface area contributed by atoms with Crippen LogP contribution in [0.3, 0.4) is 0 Å². The van der Waals surface area contributed by atoms with Gasteiger partial charge in [0.05, 0.1) is 0 Å². The van der Waals surface area contributed by atoms with Gasteiger partial charge < -0.3 is 10.6 Å². The van der Waals surface area contributed by atoms with Crippen LogP contribution in [0.25, 0.3) is 0 Å². The van der Waals surface area contributed by atoms with Crippen LogP contribution >= 0.6 is 0 Å². The van der Waals surface area contributed by atoms with Crippen molar-refractivity contribution in [1.29, 1.82) is 0 Å². The van der Waals surface area contributed by atoms with Gasteiger partial charge in [0, 0.05) is 12.0 Å². The van der Waals surface area contributed by atoms with Gasteiger partial charge in [0.25, 0.3) is 0 Å². The summed E-state index contributed by atoms with van der Waals surface area (Å²) in [5, 5.41) is 0. The van der Waals surface area contributed by atoms with Crippen LogP contribution in [0.4, 0.5) is 0 Å². The topological polar surface area (TPSA) is 29.3 Å². The van der Waals surface area contributed by atoms with Crippen molar-refractivity contribution in [3.63, 3.8) is 0 Å². The summed E-state index contributed by atoms with van der Waals surface area (Å²) in [7, 11) is 2.20. The van der Waals surface area contributed by atoms with Crippen LogP contribution in [0.5, 0.6) is 0 Å². The molecule has 0 aromatic heterocycles. The van der Waals surface area contributed by atoms with Crippen LogP contribution in [0.15, 0.2) is 12.1 Å². The Morgan fingerprint density at radius 3 is 2.06 bits per heavy atom. The molecule has 1 saturated heterocycles. The standard InChI is InChI=1S/C16H26N2/c1-12-9-13(2)15(14(3)10-12)16(11-17)5-7-18(4)8-6-16/h9-10H,5-8,11,17H2,1-4H3. The van der Waals surface area contributed by atoms with E-state index in [0.717, 1.165) is 19.6 Å². The molecule has 1 aliphatic heterocycles. The second-order valence-corrected chi connectivity index (χ2v) is 6.06. The SMILES string of the molecule is Cc1cc(C)c(C2(CN)CCN(C)CC2)c(C)c1. The number of benzene rings is 1. The normalized spacial score (nSPS) is 20.1. The van der Waals surface area contributed by atoms with Crippen LogP contribution in [-0.2, 0) is 5.41 Å². The molecular weight excluding hydrogens is 220 g/mol. The summed E-state index contributed by atoms with van der Waals surface area (Å²) in [5.41, 5.74) is 12.1. The van der Waals surface area contributed by atoms with Gasteiger partial charge in [-0.2, -0.15) is 0 Å². The van der Waals surface area contributed by atoms with E-state index in [2.05, 4.69) is 44.9 Å². The lowest BCUT2D eigenvalue weighted by molar-refractivity contribution is 0.190. The van der Waals surface area contributed by atoms with E-state index in [-0.39, 0.29) is 5.41 Å². The highest BCUT2D eigenvalue weighted by Gasteiger charge is 2.36. The summed E-state index contributed by atoms with van der Waals surface area (Å²) in [4.78, 5) is 2.41. The maximum absolute atomic E-state index is 6.17. The zero-order valence-electron chi connectivity index (χ0n) is 12.2. The van der Waals surface area contributed by atoms with Crippen molar-refractivity contribution in [2.75, 3.05) is 26.7 Å². The van der Waals surface area contributed by atoms with Crippen molar-refractivity contribution in [3.05, 3.63) is 34.4 Å². The predicted molar refractivity (Wildman–Crippen MR) is 78.1 cm³/mol. The summed E-state index contributed by atoms with van der Waals surface area (Å²) in [5.74, 6) is 0. The van der Waals surface area contributed by atoms with Crippen molar-refractivity contribution in [1.82, 2.24) is 4.90 Å². The number of rotatable bonds is 2. The zero-order valence-corrected chi connectivity index (χ0v) is 12.2. The first-order valence-corrected chi connectivity index (χ1v) is 6.95. The average molecular weight is 246 g/mol. The molecule has 2 nitrogen and oxygen atoms in total. The van der Waals surface area contributed by atoms with Gasteiger partial charge in [-0.05, 0) is 70.4 Å². The van der Waals surface area contributed by atoms with Gasteiger partial charge in [-0.3, -0.25) is 0 Å². The highest BCUT2D eigenvalue weighted by Crippen LogP contribution is 2.38. The number of nitrogens with two attached hydrogens (primary N) is 1. The van der Waals surface area contributed by atoms with Crippen molar-refractivity contribution in [3.8, 4) is 0 Å². The molecule has 0 aliphatic carbocycles. The van der Waals surface area contributed by atoms with Crippen LogP contribution in [0, 0.1) is 20.8 Å². The lowest BCUT2D eigenvalue weighted by Crippen LogP contribution is -2.46. The third-order valence-corrected chi connectivity index (χ3v) is 4.54. The number of hydrogen-bond donors (Lipinski definition) is 1. The number of likely N-dealkylation sites (tertiary alicyclic amines) is 1. The Morgan fingerprint density at radius 1 is 1.11 bits per heavy atom. The van der Waals surface area contributed by atoms with E-state index in [0.29, 0.717) is 0 Å². The molecule has 18 heavy (non-hydrogen) atoms. The van der Waals surface area contributed by atoms with E-state index < -0.39 is 0 Å². The second-order valence-electron chi connectivity index (χ2n) is 6.06. The Morgan fingerprint density at radius 2 is 1.61 bits per heavy atom. The first-order valence-electron chi connectivity index (χ1n) is 6.95. The third kappa shape index (κ3) is 2.32. The fourth-order valence-electron chi connectivity index (χ4n) is 3.62. The fraction of sp³-hybridized carbons (Fsp3) is 0.625. The Hall–Kier alpha value is -0.860. The van der Waals surface area contributed by atoms with Gasteiger partial charge in [0.15, 0.2) is 0 Å². The maximum atomic E-state index is 6.17. The predicted octanol–water partition coefficient (Wildman–Crippen LogP) is 2.53. The molecule has 0 bridgehead atoms. The van der Waals surface area contributed by atoms with E-state index in [9.17, 15) is 0 Å². The summed E-state index contributed by atoms with van der Waals surface area (Å²) in [6, 6.07) is 4.61. The van der Waals surface area contributed by atoms with Crippen LogP contribution in [-0.4, -0.2) is 31.6 Å². The third-order valence-electron chi connectivity index (χ3n) is 4.54. The van der Waals surface area contributed by atoms with Crippen molar-refractivity contribution in [2.45, 2.75) is 39.0 Å². The van der Waals surface area contributed by atoms with E-state index >= 15 is 0 Å². The Labute approximate surface area is 111 Å². The Bertz CT molecular complexity index is 406. The highest BCUT2D eigenvalue weighted by molar-refractivity contribution is 5.43. The van der Waals surface area contributed by atoms with Crippen LogP contribution < -0.4 is 5.73 Å². The average Bonchev–Trinajstić information content (AvgIpc) is 2.30. The molecule has 0 unspecified atom stereocenters. The maximum Gasteiger partial charge on any atom is 0.0105 e. The molecule has 100 valence electrons. The monoisotopic (exact) mass is 246 g/mol. The molecule has 1 aromatic carbocycles. The van der Waals surface area contributed by atoms with Gasteiger partial charge in [-0.25, -0.2) is 0 Å². The molecule has 1 aliphatic rings.